The number of amides is 3. The molecule has 8 heteroatoms. The van der Waals surface area contributed by atoms with Crippen LogP contribution in [0.3, 0.4) is 0 Å². The van der Waals surface area contributed by atoms with Gasteiger partial charge in [-0.3, -0.25) is 9.59 Å². The van der Waals surface area contributed by atoms with Crippen LogP contribution >= 0.6 is 12.6 Å². The molecular weight excluding hydrogens is 450 g/mol. The number of nitrogens with zero attached hydrogens (tertiary/aromatic N) is 1. The van der Waals surface area contributed by atoms with Gasteiger partial charge in [0.25, 0.3) is 0 Å². The molecule has 0 fully saturated rings. The monoisotopic (exact) mass is 493 g/mol. The Labute approximate surface area is 210 Å². The van der Waals surface area contributed by atoms with E-state index >= 15 is 0 Å². The highest BCUT2D eigenvalue weighted by molar-refractivity contribution is 7.80. The van der Waals surface area contributed by atoms with Crippen LogP contribution < -0.4 is 10.6 Å². The van der Waals surface area contributed by atoms with Gasteiger partial charge < -0.3 is 20.3 Å². The van der Waals surface area contributed by atoms with Crippen LogP contribution in [0, 0.1) is 0 Å². The molecule has 0 saturated carbocycles. The van der Waals surface area contributed by atoms with Crippen molar-refractivity contribution >= 4 is 30.5 Å². The topological polar surface area (TPSA) is 87.7 Å². The number of nitrogens with one attached hydrogen (secondary N) is 2. The first-order valence-electron chi connectivity index (χ1n) is 12.0. The lowest BCUT2D eigenvalue weighted by atomic mass is 9.91. The number of aryl methyl sites for hydroxylation is 1. The largest absolute Gasteiger partial charge is 0.444 e. The average molecular weight is 494 g/mol. The third-order valence-electron chi connectivity index (χ3n) is 5.57. The van der Waals surface area contributed by atoms with E-state index in [1.54, 1.807) is 25.7 Å². The molecule has 0 aliphatic heterocycles. The van der Waals surface area contributed by atoms with Crippen molar-refractivity contribution in [3.63, 3.8) is 0 Å². The van der Waals surface area contributed by atoms with Crippen LogP contribution in [0.4, 0.5) is 4.79 Å². The van der Waals surface area contributed by atoms with E-state index in [0.717, 1.165) is 12.0 Å². The van der Waals surface area contributed by atoms with Gasteiger partial charge in [-0.2, -0.15) is 12.6 Å². The number of hydrogen-bond donors (Lipinski definition) is 3. The quantitative estimate of drug-likeness (QED) is 0.414. The van der Waals surface area contributed by atoms with Crippen molar-refractivity contribution in [1.82, 2.24) is 15.5 Å². The van der Waals surface area contributed by atoms with E-state index in [4.69, 9.17) is 4.74 Å². The maximum atomic E-state index is 13.9. The summed E-state index contributed by atoms with van der Waals surface area (Å²) in [4.78, 5) is 41.5. The van der Waals surface area contributed by atoms with Crippen LogP contribution in [0.2, 0.25) is 0 Å². The predicted molar refractivity (Wildman–Crippen MR) is 140 cm³/mol. The molecule has 2 atom stereocenters. The SMILES string of the molecule is CCc1ccc(C(C(=O)NC(C)C)N(C(=O)C(CS)NC(=O)OC(C)(C)C)C(C)(C)CC)cc1. The molecule has 0 radical (unpaired) electrons. The molecule has 1 rings (SSSR count). The molecule has 1 aromatic carbocycles. The Morgan fingerprint density at radius 2 is 1.56 bits per heavy atom. The van der Waals surface area contributed by atoms with E-state index in [1.807, 2.05) is 58.9 Å². The van der Waals surface area contributed by atoms with Gasteiger partial charge in [0, 0.05) is 17.3 Å². The fraction of sp³-hybridized carbons (Fsp3) is 0.654. The number of ether oxygens (including phenoxy) is 1. The molecule has 3 amide bonds. The molecule has 1 aromatic rings. The zero-order chi connectivity index (χ0) is 26.3. The van der Waals surface area contributed by atoms with E-state index < -0.39 is 35.2 Å². The summed E-state index contributed by atoms with van der Waals surface area (Å²) in [6.07, 6.45) is 0.765. The van der Waals surface area contributed by atoms with Crippen molar-refractivity contribution in [2.24, 2.45) is 0 Å². The maximum absolute atomic E-state index is 13.9. The standard InChI is InChI=1S/C26H43N3O4S/c1-10-18-12-14-19(15-13-18)21(22(30)27-17(3)4)29(26(8,9)11-2)23(31)20(16-34)28-24(32)33-25(5,6)7/h12-15,17,20-21,34H,10-11,16H2,1-9H3,(H,27,30)(H,28,32). The van der Waals surface area contributed by atoms with Crippen LogP contribution in [0.1, 0.15) is 85.9 Å². The summed E-state index contributed by atoms with van der Waals surface area (Å²) < 4.78 is 5.35. The van der Waals surface area contributed by atoms with Crippen LogP contribution in [0.5, 0.6) is 0 Å². The van der Waals surface area contributed by atoms with Gasteiger partial charge in [0.1, 0.15) is 17.7 Å². The smallest absolute Gasteiger partial charge is 0.408 e. The number of carbonyl (C=O) groups is 3. The van der Waals surface area contributed by atoms with Gasteiger partial charge in [-0.05, 0) is 72.4 Å². The van der Waals surface area contributed by atoms with E-state index in [-0.39, 0.29) is 17.7 Å². The Balaban J connectivity index is 3.53. The number of thiol groups is 1. The highest BCUT2D eigenvalue weighted by Crippen LogP contribution is 2.32. The molecule has 0 heterocycles. The molecule has 34 heavy (non-hydrogen) atoms. The fourth-order valence-electron chi connectivity index (χ4n) is 3.47. The van der Waals surface area contributed by atoms with Crippen molar-refractivity contribution < 1.29 is 19.1 Å². The first-order valence-corrected chi connectivity index (χ1v) is 12.6. The zero-order valence-electron chi connectivity index (χ0n) is 22.2. The van der Waals surface area contributed by atoms with Gasteiger partial charge in [-0.25, -0.2) is 4.79 Å². The lowest BCUT2D eigenvalue weighted by molar-refractivity contribution is -0.149. The van der Waals surface area contributed by atoms with Gasteiger partial charge in [-0.15, -0.1) is 0 Å². The molecule has 192 valence electrons. The highest BCUT2D eigenvalue weighted by Gasteiger charge is 2.42. The van der Waals surface area contributed by atoms with Crippen LogP contribution in [-0.2, 0) is 20.7 Å². The van der Waals surface area contributed by atoms with Gasteiger partial charge in [0.2, 0.25) is 11.8 Å². The summed E-state index contributed by atoms with van der Waals surface area (Å²) >= 11 is 4.33. The summed E-state index contributed by atoms with van der Waals surface area (Å²) in [7, 11) is 0. The molecule has 2 N–H and O–H groups in total. The molecule has 2 unspecified atom stereocenters. The Morgan fingerprint density at radius 3 is 1.97 bits per heavy atom. The fourth-order valence-corrected chi connectivity index (χ4v) is 3.71. The number of benzene rings is 1. The van der Waals surface area contributed by atoms with E-state index in [0.29, 0.717) is 12.0 Å². The number of rotatable bonds is 10. The minimum atomic E-state index is -0.965. The van der Waals surface area contributed by atoms with Crippen LogP contribution in [0.25, 0.3) is 0 Å². The second-order valence-electron chi connectivity index (χ2n) is 10.4. The molecule has 0 spiro atoms. The normalized spacial score (nSPS) is 13.7. The summed E-state index contributed by atoms with van der Waals surface area (Å²) in [5.74, 6) is -0.609. The lowest BCUT2D eigenvalue weighted by Crippen LogP contribution is -2.60. The lowest BCUT2D eigenvalue weighted by Gasteiger charge is -2.44. The van der Waals surface area contributed by atoms with Gasteiger partial charge in [0.15, 0.2) is 0 Å². The van der Waals surface area contributed by atoms with Crippen LogP contribution in [0.15, 0.2) is 24.3 Å². The first kappa shape index (κ1) is 29.8. The van der Waals surface area contributed by atoms with Gasteiger partial charge in [0.05, 0.1) is 0 Å². The molecule has 0 bridgehead atoms. The summed E-state index contributed by atoms with van der Waals surface area (Å²) in [5, 5.41) is 5.61. The predicted octanol–water partition coefficient (Wildman–Crippen LogP) is 4.66. The van der Waals surface area contributed by atoms with E-state index in [2.05, 4.69) is 30.2 Å². The number of alkyl carbamates (subject to hydrolysis) is 1. The summed E-state index contributed by atoms with van der Waals surface area (Å²) in [6.45, 7) is 16.9. The summed E-state index contributed by atoms with van der Waals surface area (Å²) in [5.41, 5.74) is 0.452. The van der Waals surface area contributed by atoms with Crippen molar-refractivity contribution in [2.45, 2.75) is 104 Å². The Morgan fingerprint density at radius 1 is 1.00 bits per heavy atom. The molecule has 0 saturated heterocycles. The van der Waals surface area contributed by atoms with Crippen LogP contribution in [-0.4, -0.2) is 51.8 Å². The van der Waals surface area contributed by atoms with Crippen molar-refractivity contribution in [3.05, 3.63) is 35.4 Å². The minimum Gasteiger partial charge on any atom is -0.444 e. The van der Waals surface area contributed by atoms with E-state index in [1.165, 1.54) is 0 Å². The molecular formula is C26H43N3O4S. The first-order chi connectivity index (χ1) is 15.7. The minimum absolute atomic E-state index is 0.0572. The zero-order valence-corrected chi connectivity index (χ0v) is 23.1. The number of hydrogen-bond acceptors (Lipinski definition) is 5. The summed E-state index contributed by atoms with van der Waals surface area (Å²) in [6, 6.07) is 5.79. The second kappa shape index (κ2) is 12.5. The Hall–Kier alpha value is -2.22. The van der Waals surface area contributed by atoms with Crippen molar-refractivity contribution in [2.75, 3.05) is 5.75 Å². The molecule has 0 aliphatic rings. The third-order valence-corrected chi connectivity index (χ3v) is 5.93. The van der Waals surface area contributed by atoms with Crippen molar-refractivity contribution in [3.8, 4) is 0 Å². The highest BCUT2D eigenvalue weighted by atomic mass is 32.1. The molecule has 0 aromatic heterocycles. The Kier molecular flexibility index (Phi) is 10.9. The van der Waals surface area contributed by atoms with E-state index in [9.17, 15) is 14.4 Å². The average Bonchev–Trinajstić information content (AvgIpc) is 2.73. The number of carbonyl (C=O) groups excluding carboxylic acids is 3. The molecule has 0 aliphatic carbocycles. The molecule has 7 nitrogen and oxygen atoms in total. The van der Waals surface area contributed by atoms with Gasteiger partial charge in [-0.1, -0.05) is 38.1 Å². The maximum Gasteiger partial charge on any atom is 0.408 e. The van der Waals surface area contributed by atoms with Crippen molar-refractivity contribution in [1.29, 1.82) is 0 Å². The third kappa shape index (κ3) is 8.53. The Bertz CT molecular complexity index is 831. The second-order valence-corrected chi connectivity index (χ2v) is 10.8. The van der Waals surface area contributed by atoms with Gasteiger partial charge >= 0.3 is 6.09 Å².